The third kappa shape index (κ3) is 3.30. The number of carbonyl (C=O) groups is 1. The molecule has 2 aromatic rings. The average Bonchev–Trinajstić information content (AvgIpc) is 2.76. The Bertz CT molecular complexity index is 846. The molecule has 5 nitrogen and oxygen atoms in total. The number of benzene rings is 1. The van der Waals surface area contributed by atoms with Gasteiger partial charge >= 0.3 is 5.24 Å². The van der Waals surface area contributed by atoms with Crippen LogP contribution in [0.15, 0.2) is 41.7 Å². The van der Waals surface area contributed by atoms with Gasteiger partial charge in [-0.2, -0.15) is 4.68 Å². The molecule has 0 fully saturated rings. The zero-order valence-corrected chi connectivity index (χ0v) is 15.4. The summed E-state index contributed by atoms with van der Waals surface area (Å²) in [6.07, 6.45) is 1.62. The van der Waals surface area contributed by atoms with E-state index in [1.807, 2.05) is 20.8 Å². The number of carbonyl (C=O) groups excluding carboxylic acids is 1. The van der Waals surface area contributed by atoms with Gasteiger partial charge in [0.2, 0.25) is 0 Å². The number of hydrogen-bond acceptors (Lipinski definition) is 4. The Morgan fingerprint density at radius 3 is 2.54 bits per heavy atom. The first-order chi connectivity index (χ1) is 11.2. The fraction of sp³-hybridized carbons (Fsp3) is 0.294. The van der Waals surface area contributed by atoms with Crippen LogP contribution in [-0.4, -0.2) is 20.4 Å². The Morgan fingerprint density at radius 2 is 2.00 bits per heavy atom. The minimum absolute atomic E-state index is 0.0876. The Balaban J connectivity index is 2.79. The lowest BCUT2D eigenvalue weighted by atomic mass is 10.1. The summed E-state index contributed by atoms with van der Waals surface area (Å²) in [5, 5.41) is 0.0726. The first-order valence-corrected chi connectivity index (χ1v) is 8.73. The number of rotatable bonds is 3. The number of nitrogen functional groups attached to an aromatic ring is 1. The molecule has 24 heavy (non-hydrogen) atoms. The molecule has 0 amide bonds. The average molecular weight is 366 g/mol. The van der Waals surface area contributed by atoms with Gasteiger partial charge < -0.3 is 5.73 Å². The molecular formula is C17H20ClN3O2S. The molecule has 2 N–H and O–H groups in total. The Labute approximate surface area is 150 Å². The number of aromatic nitrogens is 2. The van der Waals surface area contributed by atoms with Crippen LogP contribution in [0.4, 0.5) is 10.6 Å². The number of thioether (sulfide) groups is 1. The predicted octanol–water partition coefficient (Wildman–Crippen LogP) is 4.19. The summed E-state index contributed by atoms with van der Waals surface area (Å²) in [6.45, 7) is 9.12. The van der Waals surface area contributed by atoms with Crippen molar-refractivity contribution in [3.63, 3.8) is 0 Å². The number of nitrogens with two attached hydrogens (primary N) is 1. The highest BCUT2D eigenvalue weighted by molar-refractivity contribution is 8.13. The molecule has 0 atom stereocenters. The van der Waals surface area contributed by atoms with E-state index in [4.69, 9.17) is 17.3 Å². The standard InChI is InChI=1S/C17H20ClN3O2S/c1-5-10-24-16(23)20-14(19)13(11-8-6-7-9-12(11)18)15(22)21(20)17(2,3)4/h5-9H,1,10,19H2,2-4H3. The molecule has 0 bridgehead atoms. The minimum Gasteiger partial charge on any atom is -0.383 e. The van der Waals surface area contributed by atoms with Gasteiger partial charge in [0.05, 0.1) is 11.1 Å². The molecule has 7 heteroatoms. The van der Waals surface area contributed by atoms with Crippen molar-refractivity contribution in [2.24, 2.45) is 0 Å². The van der Waals surface area contributed by atoms with E-state index in [9.17, 15) is 9.59 Å². The van der Waals surface area contributed by atoms with Crippen LogP contribution >= 0.6 is 23.4 Å². The summed E-state index contributed by atoms with van der Waals surface area (Å²) < 4.78 is 2.61. The van der Waals surface area contributed by atoms with E-state index < -0.39 is 5.54 Å². The van der Waals surface area contributed by atoms with E-state index in [0.29, 0.717) is 16.3 Å². The molecular weight excluding hydrogens is 346 g/mol. The van der Waals surface area contributed by atoms with Crippen LogP contribution in [0.25, 0.3) is 11.1 Å². The molecule has 0 aliphatic rings. The Kier molecular flexibility index (Phi) is 5.30. The van der Waals surface area contributed by atoms with Crippen molar-refractivity contribution in [2.45, 2.75) is 26.3 Å². The number of hydrogen-bond donors (Lipinski definition) is 1. The van der Waals surface area contributed by atoms with Crippen molar-refractivity contribution in [2.75, 3.05) is 11.5 Å². The van der Waals surface area contributed by atoms with Gasteiger partial charge in [-0.25, -0.2) is 4.68 Å². The van der Waals surface area contributed by atoms with E-state index in [1.54, 1.807) is 30.3 Å². The van der Waals surface area contributed by atoms with Crippen LogP contribution in [0.2, 0.25) is 5.02 Å². The molecule has 1 aromatic carbocycles. The molecule has 0 aliphatic carbocycles. The lowest BCUT2D eigenvalue weighted by Crippen LogP contribution is -2.38. The van der Waals surface area contributed by atoms with E-state index in [1.165, 1.54) is 9.36 Å². The second kappa shape index (κ2) is 6.91. The fourth-order valence-electron chi connectivity index (χ4n) is 2.41. The maximum atomic E-state index is 13.0. The maximum absolute atomic E-state index is 13.0. The first-order valence-electron chi connectivity index (χ1n) is 7.37. The highest BCUT2D eigenvalue weighted by Crippen LogP contribution is 2.32. The van der Waals surface area contributed by atoms with E-state index >= 15 is 0 Å². The summed E-state index contributed by atoms with van der Waals surface area (Å²) >= 11 is 7.25. The van der Waals surface area contributed by atoms with Crippen LogP contribution in [0.5, 0.6) is 0 Å². The van der Waals surface area contributed by atoms with Crippen LogP contribution < -0.4 is 11.3 Å². The molecule has 0 unspecified atom stereocenters. The molecule has 0 saturated carbocycles. The van der Waals surface area contributed by atoms with Crippen LogP contribution in [0.3, 0.4) is 0 Å². The molecule has 2 rings (SSSR count). The molecule has 1 aromatic heterocycles. The third-order valence-corrected chi connectivity index (χ3v) is 4.52. The molecule has 0 spiro atoms. The molecule has 128 valence electrons. The summed E-state index contributed by atoms with van der Waals surface area (Å²) in [5.74, 6) is 0.514. The van der Waals surface area contributed by atoms with Gasteiger partial charge in [0, 0.05) is 16.3 Å². The van der Waals surface area contributed by atoms with Crippen molar-refractivity contribution >= 4 is 34.4 Å². The number of nitrogens with zero attached hydrogens (tertiary/aromatic N) is 2. The zero-order chi connectivity index (χ0) is 18.1. The second-order valence-corrected chi connectivity index (χ2v) is 7.58. The number of halogens is 1. The quantitative estimate of drug-likeness (QED) is 0.828. The maximum Gasteiger partial charge on any atom is 0.306 e. The highest BCUT2D eigenvalue weighted by Gasteiger charge is 2.30. The van der Waals surface area contributed by atoms with Gasteiger partial charge in [-0.05, 0) is 26.8 Å². The topological polar surface area (TPSA) is 70.0 Å². The van der Waals surface area contributed by atoms with Crippen molar-refractivity contribution < 1.29 is 4.79 Å². The molecule has 1 heterocycles. The summed E-state index contributed by atoms with van der Waals surface area (Å²) in [7, 11) is 0. The van der Waals surface area contributed by atoms with Crippen molar-refractivity contribution in [3.8, 4) is 11.1 Å². The van der Waals surface area contributed by atoms with Gasteiger partial charge in [0.1, 0.15) is 5.82 Å². The smallest absolute Gasteiger partial charge is 0.306 e. The highest BCUT2D eigenvalue weighted by atomic mass is 35.5. The van der Waals surface area contributed by atoms with Crippen LogP contribution in [0, 0.1) is 0 Å². The van der Waals surface area contributed by atoms with Crippen LogP contribution in [0.1, 0.15) is 20.8 Å². The molecule has 0 aliphatic heterocycles. The van der Waals surface area contributed by atoms with Gasteiger partial charge in [-0.15, -0.1) is 6.58 Å². The zero-order valence-electron chi connectivity index (χ0n) is 13.9. The van der Waals surface area contributed by atoms with Gasteiger partial charge in [-0.1, -0.05) is 47.6 Å². The molecule has 0 radical (unpaired) electrons. The van der Waals surface area contributed by atoms with E-state index in [0.717, 1.165) is 11.8 Å². The predicted molar refractivity (Wildman–Crippen MR) is 102 cm³/mol. The largest absolute Gasteiger partial charge is 0.383 e. The lowest BCUT2D eigenvalue weighted by molar-refractivity contribution is 0.243. The van der Waals surface area contributed by atoms with Crippen LogP contribution in [-0.2, 0) is 5.54 Å². The fourth-order valence-corrected chi connectivity index (χ4v) is 3.21. The van der Waals surface area contributed by atoms with E-state index in [2.05, 4.69) is 6.58 Å². The minimum atomic E-state index is -0.630. The van der Waals surface area contributed by atoms with Crippen molar-refractivity contribution in [1.82, 2.24) is 9.36 Å². The summed E-state index contributed by atoms with van der Waals surface area (Å²) in [4.78, 5) is 25.6. The van der Waals surface area contributed by atoms with Crippen molar-refractivity contribution in [3.05, 3.63) is 52.3 Å². The van der Waals surface area contributed by atoms with Crippen molar-refractivity contribution in [1.29, 1.82) is 0 Å². The normalized spacial score (nSPS) is 11.5. The Hall–Kier alpha value is -1.92. The monoisotopic (exact) mass is 365 g/mol. The molecule has 0 saturated heterocycles. The summed E-state index contributed by atoms with van der Waals surface area (Å²) in [5.41, 5.74) is 5.98. The van der Waals surface area contributed by atoms with Gasteiger partial charge in [0.15, 0.2) is 0 Å². The van der Waals surface area contributed by atoms with E-state index in [-0.39, 0.29) is 22.2 Å². The lowest BCUT2D eigenvalue weighted by Gasteiger charge is -2.23. The third-order valence-electron chi connectivity index (χ3n) is 3.37. The first kappa shape index (κ1) is 18.4. The summed E-state index contributed by atoms with van der Waals surface area (Å²) in [6, 6.07) is 6.94. The van der Waals surface area contributed by atoms with Gasteiger partial charge in [-0.3, -0.25) is 9.59 Å². The Morgan fingerprint density at radius 1 is 1.38 bits per heavy atom. The SMILES string of the molecule is C=CCSC(=O)n1c(N)c(-c2ccccc2Cl)c(=O)n1C(C)(C)C. The number of anilines is 1. The second-order valence-electron chi connectivity index (χ2n) is 6.21. The van der Waals surface area contributed by atoms with Gasteiger partial charge in [0.25, 0.3) is 5.56 Å².